The summed E-state index contributed by atoms with van der Waals surface area (Å²) in [5.41, 5.74) is 4.91. The lowest BCUT2D eigenvalue weighted by Gasteiger charge is -2.21. The van der Waals surface area contributed by atoms with E-state index in [0.29, 0.717) is 235 Å². The van der Waals surface area contributed by atoms with Crippen LogP contribution in [0.15, 0.2) is 182 Å². The Morgan fingerprint density at radius 1 is 0.197 bits per heavy atom. The van der Waals surface area contributed by atoms with Crippen molar-refractivity contribution in [2.75, 3.05) is 198 Å². The second-order valence-corrected chi connectivity index (χ2v) is 34.1. The maximum Gasteiger partial charge on any atom is 0.408 e. The van der Waals surface area contributed by atoms with Crippen molar-refractivity contribution in [2.24, 2.45) is 11.8 Å². The summed E-state index contributed by atoms with van der Waals surface area (Å²) in [5.74, 6) is -3.15. The van der Waals surface area contributed by atoms with Crippen molar-refractivity contribution in [3.63, 3.8) is 0 Å². The fraction of sp³-hybridized carbons (Fsp3) is 0.556. The summed E-state index contributed by atoms with van der Waals surface area (Å²) >= 11 is 0. The average Bonchev–Trinajstić information content (AvgIpc) is 0.882. The van der Waals surface area contributed by atoms with Gasteiger partial charge in [0, 0.05) is 116 Å². The number of benzene rings is 6. The summed E-state index contributed by atoms with van der Waals surface area (Å²) in [6, 6.07) is 53.4. The fourth-order valence-corrected chi connectivity index (χ4v) is 14.1. The number of hydrogen-bond donors (Lipinski definition) is 10. The molecule has 39 nitrogen and oxygen atoms in total. The van der Waals surface area contributed by atoms with Gasteiger partial charge in [0.05, 0.1) is 131 Å². The number of rotatable bonds is 88. The lowest BCUT2D eigenvalue weighted by Crippen LogP contribution is -2.43. The van der Waals surface area contributed by atoms with Crippen LogP contribution in [-0.4, -0.2) is 282 Å². The predicted molar refractivity (Wildman–Crippen MR) is 546 cm³/mol. The summed E-state index contributed by atoms with van der Waals surface area (Å²) < 4.78 is 94.1. The van der Waals surface area contributed by atoms with Gasteiger partial charge in [0.2, 0.25) is 23.6 Å². The number of amides is 10. The van der Waals surface area contributed by atoms with Gasteiger partial charge in [-0.25, -0.2) is 28.8 Å². The molecule has 6 aromatic rings. The molecule has 812 valence electrons. The molecule has 0 aliphatic rings. The third-order valence-corrected chi connectivity index (χ3v) is 22.2. The van der Waals surface area contributed by atoms with Gasteiger partial charge in [0.15, 0.2) is 11.6 Å². The molecular formula is C108H156N10O29. The molecule has 0 aromatic heterocycles. The Hall–Kier alpha value is -12.3. The number of Topliss-reactive ketones (excluding diaryl/α,β-unsaturated/α-hetero) is 2. The molecule has 0 saturated carbocycles. The summed E-state index contributed by atoms with van der Waals surface area (Å²) in [6.45, 7) is 10.6. The van der Waals surface area contributed by atoms with Crippen LogP contribution in [-0.2, 0) is 149 Å². The molecule has 6 rings (SSSR count). The number of carbonyl (C=O) groups excluding carboxylic acids is 12. The van der Waals surface area contributed by atoms with E-state index in [9.17, 15) is 57.5 Å². The maximum atomic E-state index is 14.2. The quantitative estimate of drug-likeness (QED) is 0.0125. The van der Waals surface area contributed by atoms with Gasteiger partial charge in [0.25, 0.3) is 0 Å². The molecule has 0 bridgehead atoms. The standard InChI is InChI=1S/C108H156N10O29/c119-97(95(117-107(129)146-85-91-39-15-5-16-40-91)45-21-25-51-115-105(127)144-83-89-35-11-3-12-36-89)79-93(43-19-23-49-113-103(125)142-81-87-31-7-1-8-32-87)101(123)111-55-29-59-133-65-71-137-69-63-131-57-27-53-109-99(121)47-61-135-67-73-139-75-77-141-78-76-140-74-68-136-62-48-100(122)110-54-28-58-132-64-70-138-72-66-134-60-30-56-112-102(124)94(44-20-24-50-114-104(126)143-82-88-33-9-2-10-34-88)80-98(120)96(118-108(130)147-86-92-41-17-6-18-42-92)46-22-26-52-116-106(128)145-84-90-37-13-4-14-38-90/h1-18,31-42,93-96H,19-30,43-86H2,(H,109,121)(H,110,122)(H,111,123)(H,112,124)(H,113,125)(H,114,126)(H,115,127)(H,116,128)(H,117,129)(H,118,130)/t93-,94-,95+,96+/m1/s1. The molecule has 0 spiro atoms. The first-order valence-corrected chi connectivity index (χ1v) is 51.3. The molecule has 0 fully saturated rings. The third kappa shape index (κ3) is 67.3. The van der Waals surface area contributed by atoms with Crippen molar-refractivity contribution in [1.29, 1.82) is 0 Å². The van der Waals surface area contributed by atoms with E-state index in [4.69, 9.17) is 80.5 Å². The zero-order valence-electron chi connectivity index (χ0n) is 85.1. The molecule has 39 heteroatoms. The number of alkyl carbamates (subject to hydrolysis) is 6. The van der Waals surface area contributed by atoms with Gasteiger partial charge < -0.3 is 134 Å². The second kappa shape index (κ2) is 84.7. The maximum absolute atomic E-state index is 14.2. The largest absolute Gasteiger partial charge is 0.445 e. The number of nitrogens with one attached hydrogen (secondary N) is 10. The van der Waals surface area contributed by atoms with Crippen molar-refractivity contribution in [3.8, 4) is 0 Å². The second-order valence-electron chi connectivity index (χ2n) is 34.1. The summed E-state index contributed by atoms with van der Waals surface area (Å²) in [7, 11) is 0. The molecule has 0 aliphatic carbocycles. The van der Waals surface area contributed by atoms with Crippen LogP contribution in [0.4, 0.5) is 28.8 Å². The molecule has 0 heterocycles. The average molecular weight is 2060 g/mol. The van der Waals surface area contributed by atoms with Gasteiger partial charge in [-0.3, -0.25) is 28.8 Å². The summed E-state index contributed by atoms with van der Waals surface area (Å²) in [6.07, 6.45) is 3.32. The van der Waals surface area contributed by atoms with Crippen LogP contribution in [0.25, 0.3) is 0 Å². The topological polar surface area (TPSA) is 482 Å². The monoisotopic (exact) mass is 2060 g/mol. The van der Waals surface area contributed by atoms with E-state index < -0.39 is 60.5 Å². The Labute approximate surface area is 863 Å². The van der Waals surface area contributed by atoms with E-state index >= 15 is 0 Å². The minimum absolute atomic E-state index is 0.0145. The predicted octanol–water partition coefficient (Wildman–Crippen LogP) is 12.1. The summed E-state index contributed by atoms with van der Waals surface area (Å²) in [4.78, 5) is 157. The van der Waals surface area contributed by atoms with Crippen LogP contribution in [0.1, 0.15) is 162 Å². The molecule has 147 heavy (non-hydrogen) atoms. The number of carbonyl (C=O) groups is 12. The highest BCUT2D eigenvalue weighted by Gasteiger charge is 2.31. The number of ketones is 2. The van der Waals surface area contributed by atoms with Crippen molar-refractivity contribution < 1.29 is 138 Å². The molecule has 0 radical (unpaired) electrons. The minimum Gasteiger partial charge on any atom is -0.445 e. The highest BCUT2D eigenvalue weighted by Crippen LogP contribution is 2.21. The van der Waals surface area contributed by atoms with Gasteiger partial charge in [-0.2, -0.15) is 0 Å². The van der Waals surface area contributed by atoms with Gasteiger partial charge >= 0.3 is 36.6 Å². The first-order chi connectivity index (χ1) is 72.0. The van der Waals surface area contributed by atoms with Gasteiger partial charge in [0.1, 0.15) is 39.6 Å². The van der Waals surface area contributed by atoms with Crippen molar-refractivity contribution >= 4 is 71.8 Å². The van der Waals surface area contributed by atoms with Crippen molar-refractivity contribution in [3.05, 3.63) is 215 Å². The van der Waals surface area contributed by atoms with E-state index in [2.05, 4.69) is 53.2 Å². The molecule has 10 amide bonds. The normalized spacial score (nSPS) is 11.8. The molecule has 10 N–H and O–H groups in total. The molecular weight excluding hydrogens is 1900 g/mol. The zero-order chi connectivity index (χ0) is 105. The molecule has 6 aromatic carbocycles. The minimum atomic E-state index is -0.988. The Morgan fingerprint density at radius 3 is 0.633 bits per heavy atom. The number of ether oxygens (including phenoxy) is 17. The first-order valence-electron chi connectivity index (χ1n) is 51.3. The van der Waals surface area contributed by atoms with Crippen molar-refractivity contribution in [2.45, 2.75) is 180 Å². The van der Waals surface area contributed by atoms with Gasteiger partial charge in [-0.1, -0.05) is 195 Å². The van der Waals surface area contributed by atoms with Crippen LogP contribution in [0, 0.1) is 11.8 Å². The SMILES string of the molecule is O=C(CCOCCOCCOCCOCCOCCC(=O)NCCCOCCOCCOCCCNC(=O)[C@H](CCCCNC(=O)OCc1ccccc1)CC(=O)[C@H](CCCCNC(=O)OCc1ccccc1)NC(=O)OCc1ccccc1)NCCCOCCOCCOCCCNC(=O)[C@H](CCCCNC(=O)OCc1ccccc1)CC(=O)[C@H](CCCCNC(=O)OCc1ccccc1)NC(=O)OCc1ccccc1. The fourth-order valence-electron chi connectivity index (χ4n) is 14.1. The lowest BCUT2D eigenvalue weighted by atomic mass is 9.91. The van der Waals surface area contributed by atoms with E-state index in [-0.39, 0.29) is 166 Å². The van der Waals surface area contributed by atoms with Crippen LogP contribution >= 0.6 is 0 Å². The third-order valence-electron chi connectivity index (χ3n) is 22.2. The zero-order valence-corrected chi connectivity index (χ0v) is 85.1. The van der Waals surface area contributed by atoms with Crippen LogP contribution in [0.5, 0.6) is 0 Å². The molecule has 0 aliphatic heterocycles. The Morgan fingerprint density at radius 2 is 0.395 bits per heavy atom. The first kappa shape index (κ1) is 123. The van der Waals surface area contributed by atoms with E-state index in [1.165, 1.54) is 0 Å². The Kier molecular flexibility index (Phi) is 71.1. The van der Waals surface area contributed by atoms with Crippen molar-refractivity contribution in [1.82, 2.24) is 53.2 Å². The molecule has 0 saturated heterocycles. The van der Waals surface area contributed by atoms with E-state index in [1.807, 2.05) is 182 Å². The highest BCUT2D eigenvalue weighted by molar-refractivity contribution is 5.92. The molecule has 0 unspecified atom stereocenters. The highest BCUT2D eigenvalue weighted by atomic mass is 16.6. The Bertz CT molecular complexity index is 4200. The van der Waals surface area contributed by atoms with Crippen LogP contribution in [0.3, 0.4) is 0 Å². The van der Waals surface area contributed by atoms with E-state index in [1.54, 1.807) is 0 Å². The molecule has 4 atom stereocenters. The van der Waals surface area contributed by atoms with Crippen LogP contribution in [0.2, 0.25) is 0 Å². The van der Waals surface area contributed by atoms with E-state index in [0.717, 1.165) is 33.4 Å². The number of unbranched alkanes of at least 4 members (excludes halogenated alkanes) is 4. The summed E-state index contributed by atoms with van der Waals surface area (Å²) in [5, 5.41) is 28.0. The number of hydrogen-bond acceptors (Lipinski definition) is 29. The Balaban J connectivity index is 0.693. The van der Waals surface area contributed by atoms with Crippen LogP contribution < -0.4 is 53.2 Å². The van der Waals surface area contributed by atoms with Gasteiger partial charge in [-0.05, 0) is 123 Å². The smallest absolute Gasteiger partial charge is 0.408 e. The van der Waals surface area contributed by atoms with Gasteiger partial charge in [-0.15, -0.1) is 0 Å². The lowest BCUT2D eigenvalue weighted by molar-refractivity contribution is -0.130.